The van der Waals surface area contributed by atoms with E-state index in [2.05, 4.69) is 24.4 Å². The normalized spacial score (nSPS) is 10.2. The SMILES string of the molecule is CCCNCCc1ccc(N)cc1. The van der Waals surface area contributed by atoms with Gasteiger partial charge in [-0.25, -0.2) is 0 Å². The van der Waals surface area contributed by atoms with E-state index in [4.69, 9.17) is 5.73 Å². The van der Waals surface area contributed by atoms with Gasteiger partial charge in [0, 0.05) is 5.69 Å². The molecular formula is C11H18N2. The third kappa shape index (κ3) is 3.95. The van der Waals surface area contributed by atoms with Crippen LogP contribution in [0.5, 0.6) is 0 Å². The zero-order valence-electron chi connectivity index (χ0n) is 8.22. The van der Waals surface area contributed by atoms with Crippen molar-refractivity contribution in [2.45, 2.75) is 19.8 Å². The number of nitrogens with two attached hydrogens (primary N) is 1. The molecule has 0 saturated heterocycles. The van der Waals surface area contributed by atoms with Gasteiger partial charge in [0.15, 0.2) is 0 Å². The molecule has 0 saturated carbocycles. The fraction of sp³-hybridized carbons (Fsp3) is 0.455. The van der Waals surface area contributed by atoms with Crippen LogP contribution in [0.25, 0.3) is 0 Å². The Bertz CT molecular complexity index is 228. The third-order valence-electron chi connectivity index (χ3n) is 2.00. The van der Waals surface area contributed by atoms with E-state index in [0.717, 1.165) is 25.2 Å². The molecule has 72 valence electrons. The Hall–Kier alpha value is -1.02. The van der Waals surface area contributed by atoms with E-state index < -0.39 is 0 Å². The van der Waals surface area contributed by atoms with Crippen LogP contribution in [0.3, 0.4) is 0 Å². The van der Waals surface area contributed by atoms with E-state index in [-0.39, 0.29) is 0 Å². The molecule has 13 heavy (non-hydrogen) atoms. The molecule has 0 aromatic heterocycles. The van der Waals surface area contributed by atoms with Crippen molar-refractivity contribution in [2.75, 3.05) is 18.8 Å². The molecule has 0 bridgehead atoms. The van der Waals surface area contributed by atoms with Gasteiger partial charge in [0.1, 0.15) is 0 Å². The molecule has 1 rings (SSSR count). The number of nitrogen functional groups attached to an aromatic ring is 1. The highest BCUT2D eigenvalue weighted by Gasteiger charge is 1.91. The first-order valence-corrected chi connectivity index (χ1v) is 4.88. The molecule has 0 radical (unpaired) electrons. The van der Waals surface area contributed by atoms with Gasteiger partial charge in [-0.1, -0.05) is 19.1 Å². The van der Waals surface area contributed by atoms with Crippen LogP contribution in [-0.4, -0.2) is 13.1 Å². The maximum absolute atomic E-state index is 5.59. The van der Waals surface area contributed by atoms with Gasteiger partial charge in [0.25, 0.3) is 0 Å². The van der Waals surface area contributed by atoms with Gasteiger partial charge in [-0.15, -0.1) is 0 Å². The summed E-state index contributed by atoms with van der Waals surface area (Å²) in [5.74, 6) is 0. The Morgan fingerprint density at radius 3 is 2.46 bits per heavy atom. The van der Waals surface area contributed by atoms with Crippen molar-refractivity contribution in [3.05, 3.63) is 29.8 Å². The highest BCUT2D eigenvalue weighted by molar-refractivity contribution is 5.39. The van der Waals surface area contributed by atoms with Crippen molar-refractivity contribution < 1.29 is 0 Å². The molecule has 0 fully saturated rings. The van der Waals surface area contributed by atoms with Gasteiger partial charge in [-0.05, 0) is 43.6 Å². The summed E-state index contributed by atoms with van der Waals surface area (Å²) in [5.41, 5.74) is 7.77. The molecule has 0 amide bonds. The molecule has 0 heterocycles. The van der Waals surface area contributed by atoms with E-state index in [1.807, 2.05) is 12.1 Å². The van der Waals surface area contributed by atoms with Crippen LogP contribution >= 0.6 is 0 Å². The van der Waals surface area contributed by atoms with Crippen molar-refractivity contribution in [2.24, 2.45) is 0 Å². The molecule has 0 spiro atoms. The van der Waals surface area contributed by atoms with Gasteiger partial charge in [-0.3, -0.25) is 0 Å². The second-order valence-electron chi connectivity index (χ2n) is 3.24. The van der Waals surface area contributed by atoms with Crippen LogP contribution in [0, 0.1) is 0 Å². The minimum absolute atomic E-state index is 0.838. The second kappa shape index (κ2) is 5.60. The lowest BCUT2D eigenvalue weighted by atomic mass is 10.1. The predicted molar refractivity (Wildman–Crippen MR) is 57.7 cm³/mol. The molecule has 0 unspecified atom stereocenters. The summed E-state index contributed by atoms with van der Waals surface area (Å²) in [7, 11) is 0. The van der Waals surface area contributed by atoms with Crippen LogP contribution < -0.4 is 11.1 Å². The molecule has 0 aliphatic rings. The molecule has 3 N–H and O–H groups in total. The number of benzene rings is 1. The number of anilines is 1. The lowest BCUT2D eigenvalue weighted by molar-refractivity contribution is 0.671. The van der Waals surface area contributed by atoms with E-state index in [9.17, 15) is 0 Å². The minimum Gasteiger partial charge on any atom is -0.399 e. The maximum Gasteiger partial charge on any atom is 0.0314 e. The summed E-state index contributed by atoms with van der Waals surface area (Å²) in [4.78, 5) is 0. The summed E-state index contributed by atoms with van der Waals surface area (Å²) in [5, 5.41) is 3.37. The first kappa shape index (κ1) is 10.1. The molecule has 0 aliphatic heterocycles. The summed E-state index contributed by atoms with van der Waals surface area (Å²) in [6.07, 6.45) is 2.28. The monoisotopic (exact) mass is 178 g/mol. The molecule has 2 heteroatoms. The van der Waals surface area contributed by atoms with Gasteiger partial charge < -0.3 is 11.1 Å². The van der Waals surface area contributed by atoms with Gasteiger partial charge in [0.2, 0.25) is 0 Å². The largest absolute Gasteiger partial charge is 0.399 e. The molecule has 0 aliphatic carbocycles. The Morgan fingerprint density at radius 2 is 1.85 bits per heavy atom. The first-order valence-electron chi connectivity index (χ1n) is 4.88. The summed E-state index contributed by atoms with van der Waals surface area (Å²) in [6.45, 7) is 4.34. The van der Waals surface area contributed by atoms with E-state index in [1.165, 1.54) is 12.0 Å². The standard InChI is InChI=1S/C11H18N2/c1-2-8-13-9-7-10-3-5-11(12)6-4-10/h3-6,13H,2,7-9,12H2,1H3. The van der Waals surface area contributed by atoms with Crippen LogP contribution in [0.4, 0.5) is 5.69 Å². The quantitative estimate of drug-likeness (QED) is 0.533. The average Bonchev–Trinajstić information content (AvgIpc) is 2.15. The van der Waals surface area contributed by atoms with Crippen LogP contribution in [0.2, 0.25) is 0 Å². The number of hydrogen-bond donors (Lipinski definition) is 2. The van der Waals surface area contributed by atoms with E-state index >= 15 is 0 Å². The lowest BCUT2D eigenvalue weighted by Crippen LogP contribution is -2.17. The first-order chi connectivity index (χ1) is 6.33. The summed E-state index contributed by atoms with van der Waals surface area (Å²) < 4.78 is 0. The Kier molecular flexibility index (Phi) is 4.33. The highest BCUT2D eigenvalue weighted by Crippen LogP contribution is 2.05. The summed E-state index contributed by atoms with van der Waals surface area (Å²) in [6, 6.07) is 8.08. The molecule has 2 nitrogen and oxygen atoms in total. The molecule has 0 atom stereocenters. The molecule has 1 aromatic rings. The minimum atomic E-state index is 0.838. The van der Waals surface area contributed by atoms with E-state index in [0.29, 0.717) is 0 Å². The zero-order chi connectivity index (χ0) is 9.52. The second-order valence-corrected chi connectivity index (χ2v) is 3.24. The third-order valence-corrected chi connectivity index (χ3v) is 2.00. The van der Waals surface area contributed by atoms with Crippen molar-refractivity contribution in [1.29, 1.82) is 0 Å². The van der Waals surface area contributed by atoms with Crippen LogP contribution in [-0.2, 0) is 6.42 Å². The van der Waals surface area contributed by atoms with Crippen molar-refractivity contribution in [1.82, 2.24) is 5.32 Å². The molecular weight excluding hydrogens is 160 g/mol. The lowest BCUT2D eigenvalue weighted by Gasteiger charge is -2.03. The fourth-order valence-corrected chi connectivity index (χ4v) is 1.22. The van der Waals surface area contributed by atoms with Gasteiger partial charge >= 0.3 is 0 Å². The maximum atomic E-state index is 5.59. The number of rotatable bonds is 5. The zero-order valence-corrected chi connectivity index (χ0v) is 8.22. The van der Waals surface area contributed by atoms with E-state index in [1.54, 1.807) is 0 Å². The topological polar surface area (TPSA) is 38.0 Å². The highest BCUT2D eigenvalue weighted by atomic mass is 14.8. The summed E-state index contributed by atoms with van der Waals surface area (Å²) >= 11 is 0. The number of hydrogen-bond acceptors (Lipinski definition) is 2. The van der Waals surface area contributed by atoms with Crippen LogP contribution in [0.1, 0.15) is 18.9 Å². The average molecular weight is 178 g/mol. The van der Waals surface area contributed by atoms with Gasteiger partial charge in [0.05, 0.1) is 0 Å². The van der Waals surface area contributed by atoms with Gasteiger partial charge in [-0.2, -0.15) is 0 Å². The van der Waals surface area contributed by atoms with Crippen molar-refractivity contribution >= 4 is 5.69 Å². The fourth-order valence-electron chi connectivity index (χ4n) is 1.22. The number of nitrogens with one attached hydrogen (secondary N) is 1. The molecule has 1 aromatic carbocycles. The Morgan fingerprint density at radius 1 is 1.15 bits per heavy atom. The smallest absolute Gasteiger partial charge is 0.0314 e. The van der Waals surface area contributed by atoms with Crippen molar-refractivity contribution in [3.63, 3.8) is 0 Å². The van der Waals surface area contributed by atoms with Crippen molar-refractivity contribution in [3.8, 4) is 0 Å². The Balaban J connectivity index is 2.25. The predicted octanol–water partition coefficient (Wildman–Crippen LogP) is 1.81. The van der Waals surface area contributed by atoms with Crippen LogP contribution in [0.15, 0.2) is 24.3 Å². The Labute approximate surface area is 80.1 Å².